The van der Waals surface area contributed by atoms with Crippen molar-refractivity contribution in [3.05, 3.63) is 65.0 Å². The lowest BCUT2D eigenvalue weighted by atomic mass is 9.96. The molecular formula is C22H26FN3O2. The summed E-state index contributed by atoms with van der Waals surface area (Å²) in [7, 11) is 0. The summed E-state index contributed by atoms with van der Waals surface area (Å²) in [6.07, 6.45) is 2.58. The Balaban J connectivity index is 1.49. The molecule has 1 heterocycles. The van der Waals surface area contributed by atoms with Gasteiger partial charge in [0.15, 0.2) is 0 Å². The van der Waals surface area contributed by atoms with E-state index in [0.29, 0.717) is 16.8 Å². The summed E-state index contributed by atoms with van der Waals surface area (Å²) in [5.41, 5.74) is 8.15. The van der Waals surface area contributed by atoms with Gasteiger partial charge in [0, 0.05) is 23.7 Å². The number of hydrogen-bond donors (Lipinski definition) is 2. The first-order valence-corrected chi connectivity index (χ1v) is 9.60. The number of rotatable bonds is 6. The van der Waals surface area contributed by atoms with Gasteiger partial charge in [0.1, 0.15) is 5.82 Å². The molecule has 0 radical (unpaired) electrons. The Morgan fingerprint density at radius 3 is 2.43 bits per heavy atom. The quantitative estimate of drug-likeness (QED) is 0.805. The molecule has 0 aromatic heterocycles. The van der Waals surface area contributed by atoms with Crippen LogP contribution in [0.1, 0.15) is 34.3 Å². The number of carbonyl (C=O) groups is 2. The molecule has 0 unspecified atom stereocenters. The maximum atomic E-state index is 13.3. The largest absolute Gasteiger partial charge is 0.369 e. The predicted molar refractivity (Wildman–Crippen MR) is 108 cm³/mol. The molecule has 148 valence electrons. The number of aryl methyl sites for hydroxylation is 1. The molecular weight excluding hydrogens is 357 g/mol. The van der Waals surface area contributed by atoms with Crippen LogP contribution in [0.15, 0.2) is 42.5 Å². The molecule has 0 spiro atoms. The van der Waals surface area contributed by atoms with Crippen molar-refractivity contribution in [3.8, 4) is 0 Å². The van der Waals surface area contributed by atoms with Crippen LogP contribution < -0.4 is 11.1 Å². The maximum Gasteiger partial charge on any atom is 0.255 e. The van der Waals surface area contributed by atoms with E-state index in [0.717, 1.165) is 38.9 Å². The van der Waals surface area contributed by atoms with E-state index in [1.54, 1.807) is 13.0 Å². The van der Waals surface area contributed by atoms with Gasteiger partial charge < -0.3 is 16.0 Å². The molecule has 5 nitrogen and oxygen atoms in total. The van der Waals surface area contributed by atoms with Crippen molar-refractivity contribution in [2.45, 2.75) is 26.2 Å². The summed E-state index contributed by atoms with van der Waals surface area (Å²) in [4.78, 5) is 25.9. The van der Waals surface area contributed by atoms with Crippen molar-refractivity contribution in [3.63, 3.8) is 0 Å². The van der Waals surface area contributed by atoms with Gasteiger partial charge in [-0.15, -0.1) is 0 Å². The molecule has 0 bridgehead atoms. The lowest BCUT2D eigenvalue weighted by Crippen LogP contribution is -2.39. The summed E-state index contributed by atoms with van der Waals surface area (Å²) < 4.78 is 13.3. The predicted octanol–water partition coefficient (Wildman–Crippen LogP) is 3.13. The van der Waals surface area contributed by atoms with Crippen LogP contribution in [0.3, 0.4) is 0 Å². The highest BCUT2D eigenvalue weighted by molar-refractivity contribution is 6.04. The second-order valence-electron chi connectivity index (χ2n) is 7.38. The summed E-state index contributed by atoms with van der Waals surface area (Å²) in [5.74, 6) is -0.745. The lowest BCUT2D eigenvalue weighted by Gasteiger charge is -2.30. The van der Waals surface area contributed by atoms with Crippen LogP contribution in [0, 0.1) is 18.7 Å². The molecule has 28 heavy (non-hydrogen) atoms. The van der Waals surface area contributed by atoms with Crippen molar-refractivity contribution >= 4 is 17.5 Å². The number of nitrogens with two attached hydrogens (primary N) is 1. The molecule has 0 atom stereocenters. The summed E-state index contributed by atoms with van der Waals surface area (Å²) in [6, 6.07) is 12.1. The van der Waals surface area contributed by atoms with Crippen LogP contribution in [0.4, 0.5) is 10.1 Å². The standard InChI is InChI=1S/C22H26FN3O2/c1-15-14-18(4-7-20(15)23)22(28)25-19-5-2-16(3-6-19)8-11-26-12-9-17(10-13-26)21(24)27/h2-7,14,17H,8-13H2,1H3,(H2,24,27)(H,25,28). The SMILES string of the molecule is Cc1cc(C(=O)Nc2ccc(CCN3CCC(C(N)=O)CC3)cc2)ccc1F. The Kier molecular flexibility index (Phi) is 6.41. The highest BCUT2D eigenvalue weighted by atomic mass is 19.1. The Hall–Kier alpha value is -2.73. The number of amides is 2. The van der Waals surface area contributed by atoms with Crippen molar-refractivity contribution in [2.24, 2.45) is 11.7 Å². The average Bonchev–Trinajstić information content (AvgIpc) is 2.69. The van der Waals surface area contributed by atoms with Crippen LogP contribution in [-0.2, 0) is 11.2 Å². The van der Waals surface area contributed by atoms with Crippen LogP contribution in [0.5, 0.6) is 0 Å². The number of hydrogen-bond acceptors (Lipinski definition) is 3. The zero-order valence-electron chi connectivity index (χ0n) is 16.1. The first-order valence-electron chi connectivity index (χ1n) is 9.60. The smallest absolute Gasteiger partial charge is 0.255 e. The Labute approximate surface area is 164 Å². The third-order valence-corrected chi connectivity index (χ3v) is 5.34. The van der Waals surface area contributed by atoms with Crippen LogP contribution in [0.2, 0.25) is 0 Å². The lowest BCUT2D eigenvalue weighted by molar-refractivity contribution is -0.123. The average molecular weight is 383 g/mol. The fourth-order valence-corrected chi connectivity index (χ4v) is 3.47. The van der Waals surface area contributed by atoms with Crippen molar-refractivity contribution in [1.82, 2.24) is 4.90 Å². The van der Waals surface area contributed by atoms with E-state index in [4.69, 9.17) is 5.73 Å². The third-order valence-electron chi connectivity index (χ3n) is 5.34. The van der Waals surface area contributed by atoms with Crippen LogP contribution in [-0.4, -0.2) is 36.3 Å². The van der Waals surface area contributed by atoms with Gasteiger partial charge in [-0.3, -0.25) is 9.59 Å². The first kappa shape index (κ1) is 20.0. The molecule has 1 aliphatic heterocycles. The second-order valence-corrected chi connectivity index (χ2v) is 7.38. The number of nitrogens with zero attached hydrogens (tertiary/aromatic N) is 1. The number of primary amides is 1. The zero-order chi connectivity index (χ0) is 20.1. The van der Waals surface area contributed by atoms with E-state index in [-0.39, 0.29) is 23.5 Å². The van der Waals surface area contributed by atoms with E-state index in [2.05, 4.69) is 10.2 Å². The number of likely N-dealkylation sites (tertiary alicyclic amines) is 1. The Morgan fingerprint density at radius 1 is 1.14 bits per heavy atom. The van der Waals surface area contributed by atoms with Gasteiger partial charge in [-0.05, 0) is 80.7 Å². The van der Waals surface area contributed by atoms with E-state index in [1.807, 2.05) is 24.3 Å². The second kappa shape index (κ2) is 8.97. The van der Waals surface area contributed by atoms with Crippen LogP contribution >= 0.6 is 0 Å². The number of halogens is 1. The molecule has 0 saturated carbocycles. The van der Waals surface area contributed by atoms with E-state index < -0.39 is 0 Å². The minimum Gasteiger partial charge on any atom is -0.369 e. The highest BCUT2D eigenvalue weighted by Crippen LogP contribution is 2.18. The molecule has 1 saturated heterocycles. The van der Waals surface area contributed by atoms with Gasteiger partial charge in [-0.1, -0.05) is 12.1 Å². The van der Waals surface area contributed by atoms with E-state index >= 15 is 0 Å². The molecule has 0 aliphatic carbocycles. The van der Waals surface area contributed by atoms with Gasteiger partial charge in [-0.25, -0.2) is 4.39 Å². The normalized spacial score (nSPS) is 15.4. The zero-order valence-corrected chi connectivity index (χ0v) is 16.1. The number of anilines is 1. The molecule has 2 amide bonds. The number of nitrogens with one attached hydrogen (secondary N) is 1. The Bertz CT molecular complexity index is 843. The fraction of sp³-hybridized carbons (Fsp3) is 0.364. The van der Waals surface area contributed by atoms with Crippen molar-refractivity contribution in [2.75, 3.05) is 25.0 Å². The molecule has 2 aromatic rings. The van der Waals surface area contributed by atoms with Gasteiger partial charge in [0.2, 0.25) is 5.91 Å². The van der Waals surface area contributed by atoms with Crippen molar-refractivity contribution < 1.29 is 14.0 Å². The summed E-state index contributed by atoms with van der Waals surface area (Å²) >= 11 is 0. The van der Waals surface area contributed by atoms with Gasteiger partial charge >= 0.3 is 0 Å². The highest BCUT2D eigenvalue weighted by Gasteiger charge is 2.22. The monoisotopic (exact) mass is 383 g/mol. The molecule has 3 rings (SSSR count). The minimum absolute atomic E-state index is 0.0176. The van der Waals surface area contributed by atoms with E-state index in [1.165, 1.54) is 17.7 Å². The molecule has 3 N–H and O–H groups in total. The topological polar surface area (TPSA) is 75.4 Å². The molecule has 2 aromatic carbocycles. The number of carbonyl (C=O) groups excluding carboxylic acids is 2. The first-order chi connectivity index (χ1) is 13.4. The van der Waals surface area contributed by atoms with Gasteiger partial charge in [-0.2, -0.15) is 0 Å². The fourth-order valence-electron chi connectivity index (χ4n) is 3.47. The minimum atomic E-state index is -0.320. The van der Waals surface area contributed by atoms with Gasteiger partial charge in [0.05, 0.1) is 0 Å². The maximum absolute atomic E-state index is 13.3. The van der Waals surface area contributed by atoms with Gasteiger partial charge in [0.25, 0.3) is 5.91 Å². The summed E-state index contributed by atoms with van der Waals surface area (Å²) in [6.45, 7) is 4.38. The third kappa shape index (κ3) is 5.16. The molecule has 1 fully saturated rings. The number of benzene rings is 2. The summed E-state index contributed by atoms with van der Waals surface area (Å²) in [5, 5.41) is 2.84. The van der Waals surface area contributed by atoms with Crippen molar-refractivity contribution in [1.29, 1.82) is 0 Å². The molecule has 1 aliphatic rings. The van der Waals surface area contributed by atoms with E-state index in [9.17, 15) is 14.0 Å². The number of piperidine rings is 1. The molecule has 6 heteroatoms. The Morgan fingerprint density at radius 2 is 1.82 bits per heavy atom. The van der Waals surface area contributed by atoms with Crippen LogP contribution in [0.25, 0.3) is 0 Å².